The average Bonchev–Trinajstić information content (AvgIpc) is 2.45. The van der Waals surface area contributed by atoms with E-state index in [1.807, 2.05) is 0 Å². The smallest absolute Gasteiger partial charge is 0.274 e. The SMILES string of the molecule is COc1ccc(NCc2cc(Br)ccc2[N+](=O)[O-])cc1F. The van der Waals surface area contributed by atoms with Gasteiger partial charge in [0, 0.05) is 34.4 Å². The highest BCUT2D eigenvalue weighted by Crippen LogP contribution is 2.25. The molecule has 0 bridgehead atoms. The maximum absolute atomic E-state index is 13.6. The number of nitrogens with zero attached hydrogens (tertiary/aromatic N) is 1. The lowest BCUT2D eigenvalue weighted by molar-refractivity contribution is -0.385. The molecular weight excluding hydrogens is 343 g/mol. The highest BCUT2D eigenvalue weighted by atomic mass is 79.9. The fourth-order valence-electron chi connectivity index (χ4n) is 1.85. The van der Waals surface area contributed by atoms with Gasteiger partial charge in [0.15, 0.2) is 11.6 Å². The number of hydrogen-bond acceptors (Lipinski definition) is 4. The van der Waals surface area contributed by atoms with Gasteiger partial charge >= 0.3 is 0 Å². The van der Waals surface area contributed by atoms with Gasteiger partial charge in [-0.05, 0) is 24.3 Å². The first-order valence-corrected chi connectivity index (χ1v) is 6.81. The van der Waals surface area contributed by atoms with Crippen molar-refractivity contribution < 1.29 is 14.1 Å². The Hall–Kier alpha value is -2.15. The number of nitro benzene ring substituents is 1. The Morgan fingerprint density at radius 3 is 2.71 bits per heavy atom. The van der Waals surface area contributed by atoms with Crippen LogP contribution in [0.4, 0.5) is 15.8 Å². The van der Waals surface area contributed by atoms with E-state index in [-0.39, 0.29) is 18.0 Å². The van der Waals surface area contributed by atoms with E-state index in [1.165, 1.54) is 25.3 Å². The maximum atomic E-state index is 13.6. The number of rotatable bonds is 5. The molecule has 0 unspecified atom stereocenters. The molecule has 0 aliphatic carbocycles. The first-order valence-electron chi connectivity index (χ1n) is 6.01. The molecule has 0 amide bonds. The molecule has 110 valence electrons. The Kier molecular flexibility index (Phi) is 4.74. The van der Waals surface area contributed by atoms with Gasteiger partial charge in [0.05, 0.1) is 12.0 Å². The van der Waals surface area contributed by atoms with E-state index in [1.54, 1.807) is 18.2 Å². The van der Waals surface area contributed by atoms with Gasteiger partial charge in [-0.1, -0.05) is 15.9 Å². The third-order valence-electron chi connectivity index (χ3n) is 2.87. The molecule has 5 nitrogen and oxygen atoms in total. The molecule has 2 rings (SSSR count). The van der Waals surface area contributed by atoms with Gasteiger partial charge in [-0.25, -0.2) is 4.39 Å². The lowest BCUT2D eigenvalue weighted by atomic mass is 10.1. The number of nitro groups is 1. The van der Waals surface area contributed by atoms with E-state index >= 15 is 0 Å². The molecule has 0 aliphatic heterocycles. The number of methoxy groups -OCH3 is 1. The number of ether oxygens (including phenoxy) is 1. The molecule has 1 N–H and O–H groups in total. The van der Waals surface area contributed by atoms with Crippen LogP contribution in [0, 0.1) is 15.9 Å². The van der Waals surface area contributed by atoms with E-state index in [9.17, 15) is 14.5 Å². The molecule has 21 heavy (non-hydrogen) atoms. The lowest BCUT2D eigenvalue weighted by Crippen LogP contribution is -2.03. The highest BCUT2D eigenvalue weighted by Gasteiger charge is 2.13. The van der Waals surface area contributed by atoms with Crippen molar-refractivity contribution >= 4 is 27.3 Å². The second-order valence-electron chi connectivity index (χ2n) is 4.23. The minimum absolute atomic E-state index is 0.0136. The van der Waals surface area contributed by atoms with Gasteiger partial charge in [-0.2, -0.15) is 0 Å². The second kappa shape index (κ2) is 6.53. The van der Waals surface area contributed by atoms with Crippen LogP contribution in [-0.4, -0.2) is 12.0 Å². The van der Waals surface area contributed by atoms with Crippen LogP contribution in [0.15, 0.2) is 40.9 Å². The lowest BCUT2D eigenvalue weighted by Gasteiger charge is -2.09. The zero-order chi connectivity index (χ0) is 15.4. The van der Waals surface area contributed by atoms with Gasteiger partial charge in [-0.15, -0.1) is 0 Å². The van der Waals surface area contributed by atoms with Crippen molar-refractivity contribution in [3.63, 3.8) is 0 Å². The van der Waals surface area contributed by atoms with Crippen LogP contribution in [0.1, 0.15) is 5.56 Å². The van der Waals surface area contributed by atoms with Crippen LogP contribution in [0.2, 0.25) is 0 Å². The Morgan fingerprint density at radius 2 is 2.10 bits per heavy atom. The minimum atomic E-state index is -0.494. The van der Waals surface area contributed by atoms with Crippen molar-refractivity contribution in [2.75, 3.05) is 12.4 Å². The summed E-state index contributed by atoms with van der Waals surface area (Å²) in [6.07, 6.45) is 0. The first-order chi connectivity index (χ1) is 10.0. The monoisotopic (exact) mass is 354 g/mol. The Morgan fingerprint density at radius 1 is 1.33 bits per heavy atom. The van der Waals surface area contributed by atoms with Crippen molar-refractivity contribution in [2.45, 2.75) is 6.54 Å². The topological polar surface area (TPSA) is 64.4 Å². The summed E-state index contributed by atoms with van der Waals surface area (Å²) in [5.74, 6) is -0.347. The van der Waals surface area contributed by atoms with Crippen LogP contribution >= 0.6 is 15.9 Å². The fourth-order valence-corrected chi connectivity index (χ4v) is 2.26. The molecule has 7 heteroatoms. The highest BCUT2D eigenvalue weighted by molar-refractivity contribution is 9.10. The zero-order valence-electron chi connectivity index (χ0n) is 11.1. The van der Waals surface area contributed by atoms with Crippen LogP contribution in [0.25, 0.3) is 0 Å². The quantitative estimate of drug-likeness (QED) is 0.647. The fraction of sp³-hybridized carbons (Fsp3) is 0.143. The molecule has 0 saturated heterocycles. The summed E-state index contributed by atoms with van der Waals surface area (Å²) in [6.45, 7) is 0.210. The minimum Gasteiger partial charge on any atom is -0.494 e. The van der Waals surface area contributed by atoms with Crippen LogP contribution in [0.5, 0.6) is 5.75 Å². The van der Waals surface area contributed by atoms with E-state index in [4.69, 9.17) is 4.74 Å². The first kappa shape index (κ1) is 15.2. The number of anilines is 1. The Balaban J connectivity index is 2.18. The molecular formula is C14H12BrFN2O3. The van der Waals surface area contributed by atoms with E-state index < -0.39 is 10.7 Å². The molecule has 0 radical (unpaired) electrons. The zero-order valence-corrected chi connectivity index (χ0v) is 12.7. The summed E-state index contributed by atoms with van der Waals surface area (Å²) in [5.41, 5.74) is 1.04. The molecule has 0 fully saturated rings. The summed E-state index contributed by atoms with van der Waals surface area (Å²) in [6, 6.07) is 9.11. The van der Waals surface area contributed by atoms with Crippen molar-refractivity contribution in [2.24, 2.45) is 0 Å². The third-order valence-corrected chi connectivity index (χ3v) is 3.37. The third kappa shape index (κ3) is 3.69. The maximum Gasteiger partial charge on any atom is 0.274 e. The van der Waals surface area contributed by atoms with Gasteiger partial charge in [-0.3, -0.25) is 10.1 Å². The Labute approximate surface area is 129 Å². The second-order valence-corrected chi connectivity index (χ2v) is 5.15. The van der Waals surface area contributed by atoms with Gasteiger partial charge in [0.1, 0.15) is 0 Å². The summed E-state index contributed by atoms with van der Waals surface area (Å²) >= 11 is 3.28. The summed E-state index contributed by atoms with van der Waals surface area (Å²) in [5, 5.41) is 13.9. The molecule has 0 saturated carbocycles. The van der Waals surface area contributed by atoms with Gasteiger partial charge in [0.25, 0.3) is 5.69 Å². The van der Waals surface area contributed by atoms with Crippen molar-refractivity contribution in [1.29, 1.82) is 0 Å². The van der Waals surface area contributed by atoms with Crippen LogP contribution in [0.3, 0.4) is 0 Å². The molecule has 0 aromatic heterocycles. The largest absolute Gasteiger partial charge is 0.494 e. The summed E-state index contributed by atoms with van der Waals surface area (Å²) in [4.78, 5) is 10.5. The number of nitrogens with one attached hydrogen (secondary N) is 1. The standard InChI is InChI=1S/C14H12BrFN2O3/c1-21-14-5-3-11(7-12(14)16)17-8-9-6-10(15)2-4-13(9)18(19)20/h2-7,17H,8H2,1H3. The molecule has 2 aromatic rings. The molecule has 0 atom stereocenters. The van der Waals surface area contributed by atoms with E-state index in [0.717, 1.165) is 4.47 Å². The predicted molar refractivity (Wildman–Crippen MR) is 81.1 cm³/mol. The average molecular weight is 355 g/mol. The molecule has 0 aliphatic rings. The number of hydrogen-bond donors (Lipinski definition) is 1. The summed E-state index contributed by atoms with van der Waals surface area (Å²) < 4.78 is 19.1. The molecule has 0 spiro atoms. The van der Waals surface area contributed by atoms with Crippen molar-refractivity contribution in [1.82, 2.24) is 0 Å². The predicted octanol–water partition coefficient (Wildman–Crippen LogP) is 4.12. The van der Waals surface area contributed by atoms with Crippen LogP contribution in [-0.2, 0) is 6.54 Å². The number of halogens is 2. The summed E-state index contributed by atoms with van der Waals surface area (Å²) in [7, 11) is 1.39. The van der Waals surface area contributed by atoms with Gasteiger partial charge in [0.2, 0.25) is 0 Å². The van der Waals surface area contributed by atoms with E-state index in [0.29, 0.717) is 11.3 Å². The molecule has 2 aromatic carbocycles. The van der Waals surface area contributed by atoms with Crippen molar-refractivity contribution in [3.8, 4) is 5.75 Å². The Bertz CT molecular complexity index is 679. The van der Waals surface area contributed by atoms with E-state index in [2.05, 4.69) is 21.2 Å². The normalized spacial score (nSPS) is 10.2. The van der Waals surface area contributed by atoms with Gasteiger partial charge < -0.3 is 10.1 Å². The molecule has 0 heterocycles. The van der Waals surface area contributed by atoms with Crippen molar-refractivity contribution in [3.05, 3.63) is 62.4 Å². The number of benzene rings is 2. The van der Waals surface area contributed by atoms with Crippen LogP contribution < -0.4 is 10.1 Å².